The van der Waals surface area contributed by atoms with E-state index in [0.717, 1.165) is 17.7 Å². The van der Waals surface area contributed by atoms with Gasteiger partial charge in [-0.1, -0.05) is 30.7 Å². The van der Waals surface area contributed by atoms with Crippen LogP contribution in [0.3, 0.4) is 0 Å². The molecule has 1 rings (SSSR count). The molecule has 0 saturated carbocycles. The molecule has 0 aliphatic heterocycles. The second-order valence-corrected chi connectivity index (χ2v) is 4.15. The number of aryl methyl sites for hydroxylation is 1. The fraction of sp³-hybridized carbons (Fsp3) is 0.462. The highest BCUT2D eigenvalue weighted by Gasteiger charge is 2.16. The lowest BCUT2D eigenvalue weighted by atomic mass is 10.1. The second kappa shape index (κ2) is 6.50. The van der Waals surface area contributed by atoms with E-state index in [1.165, 1.54) is 0 Å². The Morgan fingerprint density at radius 3 is 2.76 bits per heavy atom. The molecule has 0 amide bonds. The van der Waals surface area contributed by atoms with Crippen molar-refractivity contribution < 1.29 is 9.53 Å². The molecule has 1 aromatic carbocycles. The van der Waals surface area contributed by atoms with Crippen molar-refractivity contribution in [1.82, 2.24) is 0 Å². The van der Waals surface area contributed by atoms with E-state index in [4.69, 9.17) is 16.3 Å². The maximum atomic E-state index is 11.5. The van der Waals surface area contributed by atoms with Gasteiger partial charge in [0.25, 0.3) is 0 Å². The molecule has 4 heteroatoms. The van der Waals surface area contributed by atoms with E-state index in [9.17, 15) is 4.79 Å². The highest BCUT2D eigenvalue weighted by molar-refractivity contribution is 6.33. The molecule has 3 nitrogen and oxygen atoms in total. The van der Waals surface area contributed by atoms with Crippen LogP contribution in [0, 0.1) is 0 Å². The van der Waals surface area contributed by atoms with E-state index in [2.05, 4.69) is 5.32 Å². The van der Waals surface area contributed by atoms with Gasteiger partial charge in [0.15, 0.2) is 0 Å². The van der Waals surface area contributed by atoms with Crippen LogP contribution >= 0.6 is 11.6 Å². The summed E-state index contributed by atoms with van der Waals surface area (Å²) in [5, 5.41) is 3.73. The fourth-order valence-corrected chi connectivity index (χ4v) is 1.82. The van der Waals surface area contributed by atoms with E-state index in [1.807, 2.05) is 19.1 Å². The van der Waals surface area contributed by atoms with Crippen molar-refractivity contribution >= 4 is 23.3 Å². The number of nitrogens with one attached hydrogen (secondary N) is 1. The Hall–Kier alpha value is -1.22. The van der Waals surface area contributed by atoms with Gasteiger partial charge in [-0.25, -0.2) is 4.79 Å². The van der Waals surface area contributed by atoms with Crippen LogP contribution in [-0.2, 0) is 16.0 Å². The predicted molar refractivity (Wildman–Crippen MR) is 70.5 cm³/mol. The third kappa shape index (κ3) is 3.63. The summed E-state index contributed by atoms with van der Waals surface area (Å²) in [6.45, 7) is 5.98. The van der Waals surface area contributed by atoms with Crippen LogP contribution in [-0.4, -0.2) is 18.6 Å². The zero-order valence-corrected chi connectivity index (χ0v) is 11.2. The molecule has 0 aliphatic rings. The number of carbonyl (C=O) groups is 1. The summed E-state index contributed by atoms with van der Waals surface area (Å²) in [6, 6.07) is 5.30. The molecular weight excluding hydrogens is 238 g/mol. The third-order valence-corrected chi connectivity index (χ3v) is 2.80. The quantitative estimate of drug-likeness (QED) is 0.821. The van der Waals surface area contributed by atoms with Gasteiger partial charge in [0.1, 0.15) is 6.04 Å². The highest BCUT2D eigenvalue weighted by atomic mass is 35.5. The van der Waals surface area contributed by atoms with Gasteiger partial charge in [0.05, 0.1) is 17.3 Å². The lowest BCUT2D eigenvalue weighted by Gasteiger charge is -2.17. The Balaban J connectivity index is 2.83. The highest BCUT2D eigenvalue weighted by Crippen LogP contribution is 2.27. The summed E-state index contributed by atoms with van der Waals surface area (Å²) in [4.78, 5) is 11.5. The molecule has 0 heterocycles. The largest absolute Gasteiger partial charge is 0.464 e. The number of para-hydroxylation sites is 1. The first kappa shape index (κ1) is 13.8. The number of hydrogen-bond acceptors (Lipinski definition) is 3. The number of rotatable bonds is 5. The molecule has 0 radical (unpaired) electrons. The molecule has 0 spiro atoms. The lowest BCUT2D eigenvalue weighted by molar-refractivity contribution is -0.143. The number of hydrogen-bond donors (Lipinski definition) is 1. The van der Waals surface area contributed by atoms with E-state index in [-0.39, 0.29) is 5.97 Å². The first-order valence-electron chi connectivity index (χ1n) is 5.80. The number of carbonyl (C=O) groups excluding carboxylic acids is 1. The molecule has 0 aliphatic carbocycles. The van der Waals surface area contributed by atoms with E-state index in [0.29, 0.717) is 11.6 Å². The Kier molecular flexibility index (Phi) is 5.29. The number of ether oxygens (including phenoxy) is 1. The minimum Gasteiger partial charge on any atom is -0.464 e. The molecule has 1 N–H and O–H groups in total. The molecule has 0 bridgehead atoms. The predicted octanol–water partition coefficient (Wildman–Crippen LogP) is 3.27. The summed E-state index contributed by atoms with van der Waals surface area (Å²) >= 11 is 6.12. The molecule has 0 unspecified atom stereocenters. The van der Waals surface area contributed by atoms with Crippen LogP contribution in [0.1, 0.15) is 26.3 Å². The van der Waals surface area contributed by atoms with Crippen LogP contribution in [0.4, 0.5) is 5.69 Å². The Bertz CT molecular complexity index is 393. The SMILES string of the molecule is CCOC(=O)[C@H](C)Nc1c(Cl)cccc1CC. The third-order valence-electron chi connectivity index (χ3n) is 2.48. The fourth-order valence-electron chi connectivity index (χ4n) is 1.57. The van der Waals surface area contributed by atoms with Crippen LogP contribution in [0.5, 0.6) is 0 Å². The first-order chi connectivity index (χ1) is 8.10. The molecule has 1 atom stereocenters. The summed E-state index contributed by atoms with van der Waals surface area (Å²) < 4.78 is 4.94. The maximum absolute atomic E-state index is 11.5. The molecule has 1 aromatic rings. The second-order valence-electron chi connectivity index (χ2n) is 3.75. The Labute approximate surface area is 107 Å². The van der Waals surface area contributed by atoms with Gasteiger partial charge in [-0.05, 0) is 31.9 Å². The summed E-state index contributed by atoms with van der Waals surface area (Å²) in [6.07, 6.45) is 0.860. The van der Waals surface area contributed by atoms with Crippen molar-refractivity contribution in [2.45, 2.75) is 33.2 Å². The van der Waals surface area contributed by atoms with E-state index < -0.39 is 6.04 Å². The summed E-state index contributed by atoms with van der Waals surface area (Å²) in [5.41, 5.74) is 1.91. The summed E-state index contributed by atoms with van der Waals surface area (Å²) in [5.74, 6) is -0.269. The number of esters is 1. The van der Waals surface area contributed by atoms with Gasteiger partial charge in [0.2, 0.25) is 0 Å². The minimum atomic E-state index is -0.403. The van der Waals surface area contributed by atoms with Crippen molar-refractivity contribution in [3.8, 4) is 0 Å². The zero-order chi connectivity index (χ0) is 12.8. The average molecular weight is 256 g/mol. The molecule has 17 heavy (non-hydrogen) atoms. The zero-order valence-electron chi connectivity index (χ0n) is 10.4. The lowest BCUT2D eigenvalue weighted by Crippen LogP contribution is -2.28. The Morgan fingerprint density at radius 1 is 1.47 bits per heavy atom. The molecule has 94 valence electrons. The molecule has 0 aromatic heterocycles. The molecule has 0 fully saturated rings. The number of benzene rings is 1. The Morgan fingerprint density at radius 2 is 2.18 bits per heavy atom. The monoisotopic (exact) mass is 255 g/mol. The minimum absolute atomic E-state index is 0.269. The van der Waals surface area contributed by atoms with Crippen LogP contribution in [0.25, 0.3) is 0 Å². The smallest absolute Gasteiger partial charge is 0.328 e. The van der Waals surface area contributed by atoms with E-state index >= 15 is 0 Å². The molecule has 0 saturated heterocycles. The van der Waals surface area contributed by atoms with Gasteiger partial charge < -0.3 is 10.1 Å². The first-order valence-corrected chi connectivity index (χ1v) is 6.18. The number of halogens is 1. The molecular formula is C13H18ClNO2. The van der Waals surface area contributed by atoms with Crippen molar-refractivity contribution in [3.05, 3.63) is 28.8 Å². The summed E-state index contributed by atoms with van der Waals surface area (Å²) in [7, 11) is 0. The van der Waals surface area contributed by atoms with Crippen molar-refractivity contribution in [3.63, 3.8) is 0 Å². The number of anilines is 1. The average Bonchev–Trinajstić information content (AvgIpc) is 2.31. The standard InChI is InChI=1S/C13H18ClNO2/c1-4-10-7-6-8-11(14)12(10)15-9(3)13(16)17-5-2/h6-9,15H,4-5H2,1-3H3/t9-/m0/s1. The van der Waals surface area contributed by atoms with Crippen LogP contribution < -0.4 is 5.32 Å². The van der Waals surface area contributed by atoms with Gasteiger partial charge in [-0.15, -0.1) is 0 Å². The van der Waals surface area contributed by atoms with Gasteiger partial charge >= 0.3 is 5.97 Å². The van der Waals surface area contributed by atoms with E-state index in [1.54, 1.807) is 19.9 Å². The van der Waals surface area contributed by atoms with Gasteiger partial charge in [0, 0.05) is 0 Å². The van der Waals surface area contributed by atoms with Crippen LogP contribution in [0.15, 0.2) is 18.2 Å². The van der Waals surface area contributed by atoms with Crippen molar-refractivity contribution in [1.29, 1.82) is 0 Å². The maximum Gasteiger partial charge on any atom is 0.328 e. The topological polar surface area (TPSA) is 38.3 Å². The van der Waals surface area contributed by atoms with Gasteiger partial charge in [-0.3, -0.25) is 0 Å². The van der Waals surface area contributed by atoms with Crippen molar-refractivity contribution in [2.24, 2.45) is 0 Å². The van der Waals surface area contributed by atoms with Crippen LogP contribution in [0.2, 0.25) is 5.02 Å². The normalized spacial score (nSPS) is 12.0. The van der Waals surface area contributed by atoms with Gasteiger partial charge in [-0.2, -0.15) is 0 Å². The van der Waals surface area contributed by atoms with Crippen molar-refractivity contribution in [2.75, 3.05) is 11.9 Å².